The number of carboxylic acid groups (broad SMARTS) is 1. The van der Waals surface area contributed by atoms with Crippen molar-refractivity contribution < 1.29 is 19.8 Å². The zero-order valence-corrected chi connectivity index (χ0v) is 11.8. The first-order chi connectivity index (χ1) is 9.04. The molecule has 2 rings (SSSR count). The number of likely N-dealkylation sites (tertiary alicyclic amines) is 1. The van der Waals surface area contributed by atoms with Gasteiger partial charge in [0.05, 0.1) is 11.5 Å². The number of amides is 2. The number of nitrogens with zero attached hydrogens (tertiary/aromatic N) is 2. The molecule has 0 aromatic rings. The van der Waals surface area contributed by atoms with Gasteiger partial charge in [0, 0.05) is 18.8 Å². The number of aliphatic hydroxyl groups excluding tert-OH is 1. The first-order valence-corrected chi connectivity index (χ1v) is 7.69. The van der Waals surface area contributed by atoms with Gasteiger partial charge in [0.1, 0.15) is 6.04 Å². The summed E-state index contributed by atoms with van der Waals surface area (Å²) in [5.41, 5.74) is 0. The van der Waals surface area contributed by atoms with E-state index in [2.05, 4.69) is 0 Å². The van der Waals surface area contributed by atoms with Gasteiger partial charge < -0.3 is 15.1 Å². The van der Waals surface area contributed by atoms with Crippen molar-refractivity contribution >= 4 is 23.8 Å². The Bertz CT molecular complexity index is 358. The van der Waals surface area contributed by atoms with Crippen LogP contribution in [0.3, 0.4) is 0 Å². The highest BCUT2D eigenvalue weighted by molar-refractivity contribution is 8.00. The van der Waals surface area contributed by atoms with Gasteiger partial charge in [-0.25, -0.2) is 9.59 Å². The van der Waals surface area contributed by atoms with E-state index in [1.807, 2.05) is 6.92 Å². The summed E-state index contributed by atoms with van der Waals surface area (Å²) in [6.07, 6.45) is 1.55. The molecule has 2 amide bonds. The van der Waals surface area contributed by atoms with E-state index in [1.54, 1.807) is 4.90 Å². The summed E-state index contributed by atoms with van der Waals surface area (Å²) < 4.78 is 0. The van der Waals surface area contributed by atoms with Gasteiger partial charge in [-0.3, -0.25) is 4.90 Å². The molecule has 2 saturated heterocycles. The van der Waals surface area contributed by atoms with Gasteiger partial charge in [0.2, 0.25) is 0 Å². The molecule has 0 aromatic heterocycles. The minimum atomic E-state index is -0.936. The Labute approximate surface area is 116 Å². The van der Waals surface area contributed by atoms with E-state index in [9.17, 15) is 19.8 Å². The topological polar surface area (TPSA) is 81.1 Å². The average Bonchev–Trinajstić information content (AvgIpc) is 2.82. The predicted octanol–water partition coefficient (Wildman–Crippen LogP) is 0.801. The van der Waals surface area contributed by atoms with Crippen molar-refractivity contribution in [3.05, 3.63) is 0 Å². The van der Waals surface area contributed by atoms with Crippen LogP contribution in [0.1, 0.15) is 26.2 Å². The van der Waals surface area contributed by atoms with E-state index in [4.69, 9.17) is 0 Å². The lowest BCUT2D eigenvalue weighted by Crippen LogP contribution is -2.53. The fraction of sp³-hybridized carbons (Fsp3) is 0.833. The first kappa shape index (κ1) is 14.5. The van der Waals surface area contributed by atoms with Gasteiger partial charge >= 0.3 is 12.0 Å². The number of piperidine rings is 1. The van der Waals surface area contributed by atoms with E-state index >= 15 is 0 Å². The van der Waals surface area contributed by atoms with Crippen LogP contribution in [0, 0.1) is 0 Å². The van der Waals surface area contributed by atoms with Crippen molar-refractivity contribution in [3.63, 3.8) is 0 Å². The summed E-state index contributed by atoms with van der Waals surface area (Å²) in [5, 5.41) is 18.6. The maximum absolute atomic E-state index is 12.5. The Kier molecular flexibility index (Phi) is 4.57. The van der Waals surface area contributed by atoms with Crippen molar-refractivity contribution in [2.45, 2.75) is 43.7 Å². The van der Waals surface area contributed by atoms with Crippen LogP contribution >= 0.6 is 11.8 Å². The number of hydrogen-bond donors (Lipinski definition) is 2. The van der Waals surface area contributed by atoms with Crippen molar-refractivity contribution in [1.82, 2.24) is 9.80 Å². The third-order valence-corrected chi connectivity index (χ3v) is 5.14. The molecule has 2 aliphatic rings. The number of urea groups is 1. The molecular weight excluding hydrogens is 268 g/mol. The molecule has 7 heteroatoms. The largest absolute Gasteiger partial charge is 0.480 e. The summed E-state index contributed by atoms with van der Waals surface area (Å²) in [5.74, 6) is -0.482. The zero-order valence-electron chi connectivity index (χ0n) is 11.0. The number of hydrogen-bond acceptors (Lipinski definition) is 4. The predicted molar refractivity (Wildman–Crippen MR) is 72.0 cm³/mol. The van der Waals surface area contributed by atoms with Crippen LogP contribution in [-0.4, -0.2) is 68.4 Å². The fourth-order valence-corrected chi connectivity index (χ4v) is 3.89. The number of aliphatic hydroxyl groups is 1. The highest BCUT2D eigenvalue weighted by Gasteiger charge is 2.42. The quantitative estimate of drug-likeness (QED) is 0.785. The standard InChI is InChI=1S/C12H20N2O4S/c1-2-10-14(9(7-19-10)11(16)17)12(18)13-5-3-8(15)4-6-13/h8-10,15H,2-7H2,1H3,(H,16,17). The Morgan fingerprint density at radius 2 is 1.95 bits per heavy atom. The van der Waals surface area contributed by atoms with Crippen LogP contribution in [0.25, 0.3) is 0 Å². The Hall–Kier alpha value is -0.950. The molecule has 2 atom stereocenters. The highest BCUT2D eigenvalue weighted by atomic mass is 32.2. The van der Waals surface area contributed by atoms with Crippen LogP contribution in [0.5, 0.6) is 0 Å². The minimum Gasteiger partial charge on any atom is -0.480 e. The molecule has 0 saturated carbocycles. The Morgan fingerprint density at radius 1 is 1.32 bits per heavy atom. The summed E-state index contributed by atoms with van der Waals surface area (Å²) >= 11 is 1.53. The number of aliphatic carboxylic acids is 1. The summed E-state index contributed by atoms with van der Waals surface area (Å²) in [4.78, 5) is 26.9. The first-order valence-electron chi connectivity index (χ1n) is 6.64. The van der Waals surface area contributed by atoms with Gasteiger partial charge in [-0.1, -0.05) is 6.92 Å². The van der Waals surface area contributed by atoms with Crippen LogP contribution < -0.4 is 0 Å². The summed E-state index contributed by atoms with van der Waals surface area (Å²) in [7, 11) is 0. The highest BCUT2D eigenvalue weighted by Crippen LogP contribution is 2.32. The summed E-state index contributed by atoms with van der Waals surface area (Å²) in [6.45, 7) is 2.97. The molecule has 0 aliphatic carbocycles. The van der Waals surface area contributed by atoms with Crippen molar-refractivity contribution in [2.75, 3.05) is 18.8 Å². The Balaban J connectivity index is 2.08. The zero-order chi connectivity index (χ0) is 14.0. The fourth-order valence-electron chi connectivity index (χ4n) is 2.55. The molecular formula is C12H20N2O4S. The molecule has 0 spiro atoms. The smallest absolute Gasteiger partial charge is 0.327 e. The van der Waals surface area contributed by atoms with Crippen molar-refractivity contribution in [2.24, 2.45) is 0 Å². The normalized spacial score (nSPS) is 28.7. The lowest BCUT2D eigenvalue weighted by atomic mass is 10.1. The second-order valence-electron chi connectivity index (χ2n) is 4.96. The van der Waals surface area contributed by atoms with Crippen molar-refractivity contribution in [1.29, 1.82) is 0 Å². The molecule has 0 bridgehead atoms. The van der Waals surface area contributed by atoms with E-state index in [-0.39, 0.29) is 17.5 Å². The third-order valence-electron chi connectivity index (χ3n) is 3.68. The van der Waals surface area contributed by atoms with Gasteiger partial charge in [-0.2, -0.15) is 0 Å². The molecule has 2 fully saturated rings. The van der Waals surface area contributed by atoms with Crippen molar-refractivity contribution in [3.8, 4) is 0 Å². The number of carbonyl (C=O) groups is 2. The number of rotatable bonds is 2. The molecule has 0 aromatic carbocycles. The lowest BCUT2D eigenvalue weighted by molar-refractivity contribution is -0.141. The van der Waals surface area contributed by atoms with Crippen LogP contribution in [0.4, 0.5) is 4.79 Å². The molecule has 2 heterocycles. The maximum Gasteiger partial charge on any atom is 0.327 e. The second-order valence-corrected chi connectivity index (χ2v) is 6.17. The van der Waals surface area contributed by atoms with E-state index in [1.165, 1.54) is 16.7 Å². The molecule has 19 heavy (non-hydrogen) atoms. The average molecular weight is 288 g/mol. The molecule has 2 aliphatic heterocycles. The maximum atomic E-state index is 12.5. The molecule has 2 N–H and O–H groups in total. The van der Waals surface area contributed by atoms with E-state index < -0.39 is 12.0 Å². The third kappa shape index (κ3) is 2.97. The monoisotopic (exact) mass is 288 g/mol. The molecule has 0 radical (unpaired) electrons. The van der Waals surface area contributed by atoms with Gasteiger partial charge in [0.15, 0.2) is 0 Å². The second kappa shape index (κ2) is 6.00. The van der Waals surface area contributed by atoms with E-state index in [0.717, 1.165) is 6.42 Å². The molecule has 6 nitrogen and oxygen atoms in total. The van der Waals surface area contributed by atoms with Gasteiger partial charge in [-0.15, -0.1) is 11.8 Å². The summed E-state index contributed by atoms with van der Waals surface area (Å²) in [6, 6.07) is -0.926. The van der Waals surface area contributed by atoms with Gasteiger partial charge in [0.25, 0.3) is 0 Å². The number of thioether (sulfide) groups is 1. The Morgan fingerprint density at radius 3 is 2.47 bits per heavy atom. The van der Waals surface area contributed by atoms with Crippen LogP contribution in [0.15, 0.2) is 0 Å². The number of carbonyl (C=O) groups excluding carboxylic acids is 1. The van der Waals surface area contributed by atoms with Gasteiger partial charge in [-0.05, 0) is 19.3 Å². The molecule has 108 valence electrons. The van der Waals surface area contributed by atoms with Crippen LogP contribution in [0.2, 0.25) is 0 Å². The van der Waals surface area contributed by atoms with Crippen LogP contribution in [-0.2, 0) is 4.79 Å². The number of carboxylic acids is 1. The SMILES string of the molecule is CCC1SCC(C(=O)O)N1C(=O)N1CCC(O)CC1. The van der Waals surface area contributed by atoms with E-state index in [0.29, 0.717) is 31.7 Å². The molecule has 2 unspecified atom stereocenters. The minimum absolute atomic E-state index is 0.0551. The lowest BCUT2D eigenvalue weighted by Gasteiger charge is -2.36.